The van der Waals surface area contributed by atoms with Crippen molar-refractivity contribution in [1.82, 2.24) is 5.32 Å². The third-order valence-corrected chi connectivity index (χ3v) is 2.77. The van der Waals surface area contributed by atoms with Crippen molar-refractivity contribution in [2.45, 2.75) is 33.2 Å². The fourth-order valence-electron chi connectivity index (χ4n) is 1.80. The molecule has 0 bridgehead atoms. The van der Waals surface area contributed by atoms with Gasteiger partial charge in [0, 0.05) is 12.6 Å². The van der Waals surface area contributed by atoms with E-state index in [-0.39, 0.29) is 6.61 Å². The van der Waals surface area contributed by atoms with Gasteiger partial charge in [-0.3, -0.25) is 0 Å². The van der Waals surface area contributed by atoms with Crippen LogP contribution in [0.25, 0.3) is 0 Å². The highest BCUT2D eigenvalue weighted by Crippen LogP contribution is 2.53. The fraction of sp³-hybridized carbons (Fsp3) is 1.00. The number of aliphatic hydroxyl groups is 1. The van der Waals surface area contributed by atoms with Crippen molar-refractivity contribution in [2.75, 3.05) is 13.2 Å². The quantitative estimate of drug-likeness (QED) is 0.638. The molecule has 0 radical (unpaired) electrons. The molecule has 1 rings (SSSR count). The summed E-state index contributed by atoms with van der Waals surface area (Å²) < 4.78 is 0. The van der Waals surface area contributed by atoms with Crippen LogP contribution < -0.4 is 5.32 Å². The van der Waals surface area contributed by atoms with Gasteiger partial charge >= 0.3 is 0 Å². The molecule has 0 aromatic heterocycles. The first-order valence-electron chi connectivity index (χ1n) is 4.42. The van der Waals surface area contributed by atoms with E-state index >= 15 is 0 Å². The lowest BCUT2D eigenvalue weighted by atomic mass is 10.1. The van der Waals surface area contributed by atoms with Gasteiger partial charge in [0.05, 0.1) is 6.61 Å². The smallest absolute Gasteiger partial charge is 0.0556 e. The monoisotopic (exact) mass is 157 g/mol. The van der Waals surface area contributed by atoms with Gasteiger partial charge in [-0.1, -0.05) is 13.8 Å². The van der Waals surface area contributed by atoms with Crippen molar-refractivity contribution in [3.05, 3.63) is 0 Å². The Labute approximate surface area is 69.0 Å². The molecular formula is C9H19NO. The largest absolute Gasteiger partial charge is 0.395 e. The van der Waals surface area contributed by atoms with Gasteiger partial charge in [-0.15, -0.1) is 0 Å². The van der Waals surface area contributed by atoms with Gasteiger partial charge in [-0.05, 0) is 24.7 Å². The molecule has 2 unspecified atom stereocenters. The van der Waals surface area contributed by atoms with Crippen molar-refractivity contribution in [2.24, 2.45) is 11.3 Å². The molecule has 0 heterocycles. The summed E-state index contributed by atoms with van der Waals surface area (Å²) in [5, 5.41) is 11.9. The first-order valence-corrected chi connectivity index (χ1v) is 4.42. The van der Waals surface area contributed by atoms with Crippen LogP contribution in [-0.2, 0) is 0 Å². The summed E-state index contributed by atoms with van der Waals surface area (Å²) in [6.07, 6.45) is 1.33. The first-order chi connectivity index (χ1) is 5.08. The topological polar surface area (TPSA) is 32.3 Å². The molecule has 0 spiro atoms. The van der Waals surface area contributed by atoms with Gasteiger partial charge in [0.15, 0.2) is 0 Å². The molecule has 2 N–H and O–H groups in total. The van der Waals surface area contributed by atoms with Gasteiger partial charge in [0.1, 0.15) is 0 Å². The van der Waals surface area contributed by atoms with Crippen LogP contribution in [0.4, 0.5) is 0 Å². The van der Waals surface area contributed by atoms with Crippen molar-refractivity contribution < 1.29 is 5.11 Å². The van der Waals surface area contributed by atoms with E-state index in [2.05, 4.69) is 26.1 Å². The van der Waals surface area contributed by atoms with Crippen LogP contribution in [0.3, 0.4) is 0 Å². The van der Waals surface area contributed by atoms with Gasteiger partial charge in [0.25, 0.3) is 0 Å². The van der Waals surface area contributed by atoms with Gasteiger partial charge < -0.3 is 10.4 Å². The zero-order valence-electron chi connectivity index (χ0n) is 7.72. The molecule has 1 aliphatic carbocycles. The Morgan fingerprint density at radius 1 is 1.64 bits per heavy atom. The summed E-state index contributed by atoms with van der Waals surface area (Å²) in [6, 6.07) is 0.567. The molecule has 0 saturated heterocycles. The lowest BCUT2D eigenvalue weighted by Gasteiger charge is -2.14. The molecule has 1 saturated carbocycles. The molecular weight excluding hydrogens is 138 g/mol. The van der Waals surface area contributed by atoms with Crippen molar-refractivity contribution in [1.29, 1.82) is 0 Å². The van der Waals surface area contributed by atoms with Crippen molar-refractivity contribution in [3.8, 4) is 0 Å². The Morgan fingerprint density at radius 2 is 2.18 bits per heavy atom. The molecule has 0 aliphatic heterocycles. The molecule has 2 heteroatoms. The van der Waals surface area contributed by atoms with E-state index in [1.165, 1.54) is 6.42 Å². The Morgan fingerprint density at radius 3 is 2.55 bits per heavy atom. The molecule has 0 amide bonds. The van der Waals surface area contributed by atoms with Crippen LogP contribution in [0.5, 0.6) is 0 Å². The zero-order valence-corrected chi connectivity index (χ0v) is 7.72. The van der Waals surface area contributed by atoms with Crippen LogP contribution in [-0.4, -0.2) is 24.3 Å². The highest BCUT2D eigenvalue weighted by atomic mass is 16.3. The normalized spacial score (nSPS) is 30.0. The minimum absolute atomic E-state index is 0.248. The second kappa shape index (κ2) is 3.11. The SMILES string of the molecule is CC(NCCO)C1CC1(C)C. The Balaban J connectivity index is 2.17. The third-order valence-electron chi connectivity index (χ3n) is 2.77. The molecule has 2 nitrogen and oxygen atoms in total. The van der Waals surface area contributed by atoms with Crippen LogP contribution >= 0.6 is 0 Å². The molecule has 1 fully saturated rings. The summed E-state index contributed by atoms with van der Waals surface area (Å²) >= 11 is 0. The predicted molar refractivity (Wildman–Crippen MR) is 46.4 cm³/mol. The number of nitrogens with one attached hydrogen (secondary N) is 1. The molecule has 1 aliphatic rings. The average molecular weight is 157 g/mol. The minimum Gasteiger partial charge on any atom is -0.395 e. The maximum Gasteiger partial charge on any atom is 0.0556 e. The summed E-state index contributed by atoms with van der Waals surface area (Å²) in [7, 11) is 0. The van der Waals surface area contributed by atoms with E-state index in [1.807, 2.05) is 0 Å². The zero-order chi connectivity index (χ0) is 8.48. The molecule has 11 heavy (non-hydrogen) atoms. The number of hydrogen-bond acceptors (Lipinski definition) is 2. The second-order valence-corrected chi connectivity index (χ2v) is 4.27. The Hall–Kier alpha value is -0.0800. The fourth-order valence-corrected chi connectivity index (χ4v) is 1.80. The van der Waals surface area contributed by atoms with E-state index < -0.39 is 0 Å². The summed E-state index contributed by atoms with van der Waals surface area (Å²) in [4.78, 5) is 0. The average Bonchev–Trinajstić information content (AvgIpc) is 2.55. The lowest BCUT2D eigenvalue weighted by molar-refractivity contribution is 0.279. The van der Waals surface area contributed by atoms with Crippen LogP contribution in [0, 0.1) is 11.3 Å². The van der Waals surface area contributed by atoms with Crippen LogP contribution in [0.1, 0.15) is 27.2 Å². The summed E-state index contributed by atoms with van der Waals surface area (Å²) in [5.74, 6) is 0.814. The maximum atomic E-state index is 8.58. The highest BCUT2D eigenvalue weighted by molar-refractivity contribution is 5.00. The number of rotatable bonds is 4. The third kappa shape index (κ3) is 2.17. The number of aliphatic hydroxyl groups excluding tert-OH is 1. The predicted octanol–water partition coefficient (Wildman–Crippen LogP) is 1.00. The van der Waals surface area contributed by atoms with Crippen LogP contribution in [0.15, 0.2) is 0 Å². The second-order valence-electron chi connectivity index (χ2n) is 4.27. The van der Waals surface area contributed by atoms with Gasteiger partial charge in [-0.25, -0.2) is 0 Å². The standard InChI is InChI=1S/C9H19NO/c1-7(10-4-5-11)8-6-9(8,2)3/h7-8,10-11H,4-6H2,1-3H3. The van der Waals surface area contributed by atoms with Crippen LogP contribution in [0.2, 0.25) is 0 Å². The summed E-state index contributed by atoms with van der Waals surface area (Å²) in [6.45, 7) is 7.78. The minimum atomic E-state index is 0.248. The van der Waals surface area contributed by atoms with E-state index in [1.54, 1.807) is 0 Å². The molecule has 2 atom stereocenters. The first kappa shape index (κ1) is 9.01. The Bertz CT molecular complexity index is 134. The molecule has 0 aromatic rings. The number of hydrogen-bond donors (Lipinski definition) is 2. The lowest BCUT2D eigenvalue weighted by Crippen LogP contribution is -2.31. The molecule has 66 valence electrons. The van der Waals surface area contributed by atoms with E-state index in [9.17, 15) is 0 Å². The highest BCUT2D eigenvalue weighted by Gasteiger charge is 2.48. The van der Waals surface area contributed by atoms with Crippen molar-refractivity contribution >= 4 is 0 Å². The molecule has 0 aromatic carbocycles. The maximum absolute atomic E-state index is 8.58. The Kier molecular flexibility index (Phi) is 2.55. The van der Waals surface area contributed by atoms with Gasteiger partial charge in [0.2, 0.25) is 0 Å². The van der Waals surface area contributed by atoms with Crippen molar-refractivity contribution in [3.63, 3.8) is 0 Å². The van der Waals surface area contributed by atoms with E-state index in [0.717, 1.165) is 12.5 Å². The van der Waals surface area contributed by atoms with E-state index in [4.69, 9.17) is 5.11 Å². The summed E-state index contributed by atoms with van der Waals surface area (Å²) in [5.41, 5.74) is 0.544. The van der Waals surface area contributed by atoms with E-state index in [0.29, 0.717) is 11.5 Å². The van der Waals surface area contributed by atoms with Gasteiger partial charge in [-0.2, -0.15) is 0 Å².